The van der Waals surface area contributed by atoms with Gasteiger partial charge in [0.2, 0.25) is 0 Å². The van der Waals surface area contributed by atoms with Gasteiger partial charge in [-0.05, 0) is 69.8 Å². The molecule has 0 radical (unpaired) electrons. The number of rotatable bonds is 6. The molecule has 0 spiro atoms. The molecule has 0 fully saturated rings. The minimum Gasteiger partial charge on any atom is -0.456 e. The Morgan fingerprint density at radius 3 is 1.61 bits per heavy atom. The van der Waals surface area contributed by atoms with Crippen LogP contribution in [0.4, 0.5) is 0 Å². The largest absolute Gasteiger partial charge is 0.456 e. The summed E-state index contributed by atoms with van der Waals surface area (Å²) in [5, 5.41) is 8.32. The maximum absolute atomic E-state index is 6.75. The topological polar surface area (TPSA) is 42.5 Å². The highest BCUT2D eigenvalue weighted by Crippen LogP contribution is 2.41. The summed E-state index contributed by atoms with van der Waals surface area (Å²) in [5.41, 5.74) is 15.0. The number of nitrogens with zero attached hydrogens (tertiary/aromatic N) is 2. The first kappa shape index (κ1) is 32.0. The van der Waals surface area contributed by atoms with Crippen molar-refractivity contribution in [2.24, 2.45) is 4.99 Å². The molecule has 1 atom stereocenters. The van der Waals surface area contributed by atoms with E-state index in [4.69, 9.17) is 9.41 Å². The molecule has 0 amide bonds. The molecule has 264 valence electrons. The van der Waals surface area contributed by atoms with E-state index < -0.39 is 0 Å². The Bertz CT molecular complexity index is 3040. The Labute approximate surface area is 324 Å². The summed E-state index contributed by atoms with van der Waals surface area (Å²) < 4.78 is 9.15. The predicted octanol–water partition coefficient (Wildman–Crippen LogP) is 13.1. The molecule has 2 aromatic heterocycles. The molecule has 10 aromatic rings. The molecule has 1 aliphatic heterocycles. The summed E-state index contributed by atoms with van der Waals surface area (Å²) in [6, 6.07) is 68.7. The van der Waals surface area contributed by atoms with Crippen LogP contribution in [0.5, 0.6) is 0 Å². The zero-order valence-electron chi connectivity index (χ0n) is 30.4. The molecule has 3 heterocycles. The molecule has 1 N–H and O–H groups in total. The molecule has 0 saturated carbocycles. The normalized spacial score (nSPS) is 14.2. The Morgan fingerprint density at radius 1 is 0.446 bits per heavy atom. The van der Waals surface area contributed by atoms with E-state index in [9.17, 15) is 0 Å². The van der Waals surface area contributed by atoms with Crippen LogP contribution in [0.15, 0.2) is 210 Å². The summed E-state index contributed by atoms with van der Waals surface area (Å²) in [7, 11) is 0. The second kappa shape index (κ2) is 13.2. The average molecular weight is 718 g/mol. The number of fused-ring (bicyclic) bond motifs is 6. The van der Waals surface area contributed by atoms with Crippen LogP contribution in [0.1, 0.15) is 22.9 Å². The molecule has 0 aliphatic carbocycles. The standard InChI is InChI=1S/C52H35N3O/c1-5-14-34(15-6-1)38-24-27-41-42-28-25-39(35-16-7-2-8-17-35)31-48(42)55(47(41)30-38)40-26-29-43-50(32-40)56-49-23-13-22-44(51(43)49)52-53-45(36-18-9-3-10-19-36)33-46(54-52)37-20-11-4-12-21-37/h1-33,52-53H. The third kappa shape index (κ3) is 5.42. The quantitative estimate of drug-likeness (QED) is 0.186. The van der Waals surface area contributed by atoms with E-state index in [1.165, 1.54) is 33.0 Å². The van der Waals surface area contributed by atoms with Gasteiger partial charge < -0.3 is 14.3 Å². The molecule has 11 rings (SSSR count). The van der Waals surface area contributed by atoms with Gasteiger partial charge in [0, 0.05) is 44.6 Å². The van der Waals surface area contributed by atoms with Gasteiger partial charge in [-0.25, -0.2) is 0 Å². The van der Waals surface area contributed by atoms with E-state index in [1.807, 2.05) is 12.1 Å². The molecule has 1 aliphatic rings. The zero-order valence-corrected chi connectivity index (χ0v) is 30.4. The second-order valence-corrected chi connectivity index (χ2v) is 14.4. The first-order valence-electron chi connectivity index (χ1n) is 19.1. The second-order valence-electron chi connectivity index (χ2n) is 14.4. The van der Waals surface area contributed by atoms with Crippen LogP contribution in [-0.4, -0.2) is 10.3 Å². The monoisotopic (exact) mass is 717 g/mol. The van der Waals surface area contributed by atoms with Crippen molar-refractivity contribution in [2.45, 2.75) is 6.17 Å². The first-order chi connectivity index (χ1) is 27.7. The van der Waals surface area contributed by atoms with Crippen molar-refractivity contribution in [3.63, 3.8) is 0 Å². The van der Waals surface area contributed by atoms with Gasteiger partial charge in [0.25, 0.3) is 0 Å². The van der Waals surface area contributed by atoms with E-state index in [2.05, 4.69) is 198 Å². The van der Waals surface area contributed by atoms with Gasteiger partial charge in [0.05, 0.1) is 16.7 Å². The number of nitrogens with one attached hydrogen (secondary N) is 1. The van der Waals surface area contributed by atoms with Crippen molar-refractivity contribution < 1.29 is 4.42 Å². The van der Waals surface area contributed by atoms with Gasteiger partial charge >= 0.3 is 0 Å². The lowest BCUT2D eigenvalue weighted by Crippen LogP contribution is -2.25. The summed E-state index contributed by atoms with van der Waals surface area (Å²) in [6.45, 7) is 0. The number of aromatic nitrogens is 1. The third-order valence-corrected chi connectivity index (χ3v) is 11.0. The maximum atomic E-state index is 6.75. The van der Waals surface area contributed by atoms with Crippen molar-refractivity contribution in [1.29, 1.82) is 0 Å². The number of furan rings is 1. The molecule has 4 heteroatoms. The Hall–Kier alpha value is -7.43. The summed E-state index contributed by atoms with van der Waals surface area (Å²) in [6.07, 6.45) is 1.83. The predicted molar refractivity (Wildman–Crippen MR) is 232 cm³/mol. The zero-order chi connectivity index (χ0) is 37.0. The van der Waals surface area contributed by atoms with Crippen molar-refractivity contribution in [3.8, 4) is 27.9 Å². The van der Waals surface area contributed by atoms with Gasteiger partial charge in [-0.1, -0.05) is 158 Å². The van der Waals surface area contributed by atoms with E-state index in [0.717, 1.165) is 66.8 Å². The van der Waals surface area contributed by atoms with Crippen molar-refractivity contribution in [3.05, 3.63) is 217 Å². The van der Waals surface area contributed by atoms with Crippen LogP contribution in [0.3, 0.4) is 0 Å². The van der Waals surface area contributed by atoms with Gasteiger partial charge in [-0.2, -0.15) is 0 Å². The fourth-order valence-electron chi connectivity index (χ4n) is 8.36. The lowest BCUT2D eigenvalue weighted by molar-refractivity contribution is 0.658. The van der Waals surface area contributed by atoms with Crippen LogP contribution in [0.2, 0.25) is 0 Å². The van der Waals surface area contributed by atoms with Gasteiger partial charge in [0.15, 0.2) is 0 Å². The van der Waals surface area contributed by atoms with Crippen molar-refractivity contribution >= 4 is 55.2 Å². The molecular weight excluding hydrogens is 683 g/mol. The van der Waals surface area contributed by atoms with Gasteiger partial charge in [-0.3, -0.25) is 4.99 Å². The number of benzene rings is 8. The molecule has 0 saturated heterocycles. The Balaban J connectivity index is 1.09. The maximum Gasteiger partial charge on any atom is 0.146 e. The van der Waals surface area contributed by atoms with Gasteiger partial charge in [0.1, 0.15) is 17.3 Å². The molecule has 56 heavy (non-hydrogen) atoms. The molecule has 4 nitrogen and oxygen atoms in total. The molecule has 0 bridgehead atoms. The minimum absolute atomic E-state index is 0.320. The van der Waals surface area contributed by atoms with Gasteiger partial charge in [-0.15, -0.1) is 0 Å². The SMILES string of the molecule is C1=C(c2ccccc2)NC(c2cccc3oc4cc(-n5c6cc(-c7ccccc7)ccc6c6ccc(-c7ccccc7)cc65)ccc4c23)N=C1c1ccccc1. The third-order valence-electron chi connectivity index (χ3n) is 11.0. The lowest BCUT2D eigenvalue weighted by atomic mass is 9.99. The van der Waals surface area contributed by atoms with E-state index in [-0.39, 0.29) is 6.17 Å². The lowest BCUT2D eigenvalue weighted by Gasteiger charge is -2.25. The summed E-state index contributed by atoms with van der Waals surface area (Å²) in [5.74, 6) is 0. The fraction of sp³-hybridized carbons (Fsp3) is 0.0192. The highest BCUT2D eigenvalue weighted by molar-refractivity contribution is 6.14. The highest BCUT2D eigenvalue weighted by Gasteiger charge is 2.24. The fourth-order valence-corrected chi connectivity index (χ4v) is 8.36. The molecule has 1 unspecified atom stereocenters. The summed E-state index contributed by atoms with van der Waals surface area (Å²) >= 11 is 0. The van der Waals surface area contributed by atoms with Crippen LogP contribution in [0, 0.1) is 0 Å². The average Bonchev–Trinajstić information content (AvgIpc) is 3.82. The summed E-state index contributed by atoms with van der Waals surface area (Å²) in [4.78, 5) is 5.31. The van der Waals surface area contributed by atoms with Crippen LogP contribution in [0.25, 0.3) is 77.4 Å². The first-order valence-corrected chi connectivity index (χ1v) is 19.1. The smallest absolute Gasteiger partial charge is 0.146 e. The molecule has 8 aromatic carbocycles. The number of hydrogen-bond acceptors (Lipinski definition) is 3. The van der Waals surface area contributed by atoms with Crippen LogP contribution < -0.4 is 5.32 Å². The number of allylic oxidation sites excluding steroid dienone is 1. The van der Waals surface area contributed by atoms with Crippen molar-refractivity contribution in [2.75, 3.05) is 0 Å². The highest BCUT2D eigenvalue weighted by atomic mass is 16.3. The Kier molecular flexibility index (Phi) is 7.52. The van der Waals surface area contributed by atoms with Crippen molar-refractivity contribution in [1.82, 2.24) is 9.88 Å². The molecular formula is C52H35N3O. The Morgan fingerprint density at radius 2 is 1.00 bits per heavy atom. The van der Waals surface area contributed by atoms with Crippen LogP contribution in [-0.2, 0) is 0 Å². The van der Waals surface area contributed by atoms with E-state index in [1.54, 1.807) is 0 Å². The number of hydrogen-bond donors (Lipinski definition) is 1. The van der Waals surface area contributed by atoms with E-state index >= 15 is 0 Å². The number of aliphatic imine (C=N–C) groups is 1. The van der Waals surface area contributed by atoms with Crippen LogP contribution >= 0.6 is 0 Å². The van der Waals surface area contributed by atoms with E-state index in [0.29, 0.717) is 0 Å². The minimum atomic E-state index is -0.320.